The van der Waals surface area contributed by atoms with Crippen molar-refractivity contribution in [2.75, 3.05) is 50.8 Å². The van der Waals surface area contributed by atoms with E-state index in [2.05, 4.69) is 24.2 Å². The highest BCUT2D eigenvalue weighted by Crippen LogP contribution is 2.17. The zero-order chi connectivity index (χ0) is 17.7. The maximum atomic E-state index is 12.1. The van der Waals surface area contributed by atoms with E-state index in [1.54, 1.807) is 0 Å². The summed E-state index contributed by atoms with van der Waals surface area (Å²) in [6.07, 6.45) is 0.704. The van der Waals surface area contributed by atoms with Crippen molar-refractivity contribution >= 4 is 21.7 Å². The molecule has 7 nitrogen and oxygen atoms in total. The maximum Gasteiger partial charge on any atom is 0.242 e. The molecule has 1 atom stereocenters. The average Bonchev–Trinajstić information content (AvgIpc) is 2.86. The van der Waals surface area contributed by atoms with E-state index in [0.29, 0.717) is 38.5 Å². The van der Waals surface area contributed by atoms with E-state index in [0.717, 1.165) is 19.0 Å². The van der Waals surface area contributed by atoms with Crippen LogP contribution in [0.15, 0.2) is 4.99 Å². The summed E-state index contributed by atoms with van der Waals surface area (Å²) in [5.74, 6) is 1.95. The Kier molecular flexibility index (Phi) is 6.48. The maximum absolute atomic E-state index is 12.1. The SMILES string of the molecule is CCN1CCN(C(=NCC(C)C)NCC2CCS(=O)(=O)C2)CC1=O. The molecule has 24 heavy (non-hydrogen) atoms. The molecule has 138 valence electrons. The second kappa shape index (κ2) is 8.18. The van der Waals surface area contributed by atoms with Gasteiger partial charge < -0.3 is 15.1 Å². The fourth-order valence-electron chi connectivity index (χ4n) is 3.03. The molecule has 0 aromatic heterocycles. The highest BCUT2D eigenvalue weighted by Gasteiger charge is 2.29. The summed E-state index contributed by atoms with van der Waals surface area (Å²) < 4.78 is 23.2. The molecular weight excluding hydrogens is 328 g/mol. The van der Waals surface area contributed by atoms with Crippen LogP contribution in [0.5, 0.6) is 0 Å². The summed E-state index contributed by atoms with van der Waals surface area (Å²) in [4.78, 5) is 20.6. The zero-order valence-electron chi connectivity index (χ0n) is 15.0. The van der Waals surface area contributed by atoms with Gasteiger partial charge in [-0.15, -0.1) is 0 Å². The van der Waals surface area contributed by atoms with Gasteiger partial charge in [0.25, 0.3) is 0 Å². The lowest BCUT2D eigenvalue weighted by Gasteiger charge is -2.36. The van der Waals surface area contributed by atoms with E-state index >= 15 is 0 Å². The first-order chi connectivity index (χ1) is 11.3. The quantitative estimate of drug-likeness (QED) is 0.560. The molecule has 0 saturated carbocycles. The Hall–Kier alpha value is -1.31. The van der Waals surface area contributed by atoms with Crippen LogP contribution in [-0.4, -0.2) is 80.9 Å². The van der Waals surface area contributed by atoms with Gasteiger partial charge in [-0.1, -0.05) is 13.8 Å². The predicted molar refractivity (Wildman–Crippen MR) is 95.7 cm³/mol. The molecule has 8 heteroatoms. The van der Waals surface area contributed by atoms with E-state index in [9.17, 15) is 13.2 Å². The largest absolute Gasteiger partial charge is 0.356 e. The minimum atomic E-state index is -2.87. The predicted octanol–water partition coefficient (Wildman–Crippen LogP) is 0.187. The molecular formula is C16H30N4O3S. The van der Waals surface area contributed by atoms with Crippen LogP contribution in [-0.2, 0) is 14.6 Å². The Bertz CT molecular complexity index is 574. The van der Waals surface area contributed by atoms with Gasteiger partial charge in [-0.2, -0.15) is 0 Å². The first-order valence-corrected chi connectivity index (χ1v) is 10.6. The Balaban J connectivity index is 1.97. The summed E-state index contributed by atoms with van der Waals surface area (Å²) in [6, 6.07) is 0. The number of nitrogens with zero attached hydrogens (tertiary/aromatic N) is 3. The molecule has 1 amide bonds. The molecule has 0 radical (unpaired) electrons. The van der Waals surface area contributed by atoms with Gasteiger partial charge in [-0.3, -0.25) is 9.79 Å². The minimum absolute atomic E-state index is 0.117. The molecule has 2 aliphatic heterocycles. The number of sulfone groups is 1. The molecule has 2 aliphatic rings. The first-order valence-electron chi connectivity index (χ1n) is 8.82. The van der Waals surface area contributed by atoms with Crippen molar-refractivity contribution in [3.8, 4) is 0 Å². The van der Waals surface area contributed by atoms with Gasteiger partial charge in [0.2, 0.25) is 5.91 Å². The van der Waals surface area contributed by atoms with Crippen LogP contribution in [0.1, 0.15) is 27.2 Å². The smallest absolute Gasteiger partial charge is 0.242 e. The van der Waals surface area contributed by atoms with Gasteiger partial charge in [-0.05, 0) is 25.2 Å². The van der Waals surface area contributed by atoms with Crippen LogP contribution in [0.3, 0.4) is 0 Å². The second-order valence-corrected chi connectivity index (χ2v) is 9.33. The topological polar surface area (TPSA) is 82.1 Å². The number of hydrogen-bond donors (Lipinski definition) is 1. The summed E-state index contributed by atoms with van der Waals surface area (Å²) in [5, 5.41) is 3.32. The molecule has 0 aliphatic carbocycles. The minimum Gasteiger partial charge on any atom is -0.356 e. The van der Waals surface area contributed by atoms with Crippen molar-refractivity contribution in [3.63, 3.8) is 0 Å². The second-order valence-electron chi connectivity index (χ2n) is 7.10. The number of nitrogens with one attached hydrogen (secondary N) is 1. The van der Waals surface area contributed by atoms with Crippen LogP contribution in [0.25, 0.3) is 0 Å². The monoisotopic (exact) mass is 358 g/mol. The van der Waals surface area contributed by atoms with Gasteiger partial charge in [0.1, 0.15) is 0 Å². The van der Waals surface area contributed by atoms with Crippen molar-refractivity contribution < 1.29 is 13.2 Å². The lowest BCUT2D eigenvalue weighted by atomic mass is 10.1. The normalized spacial score (nSPS) is 24.8. The summed E-state index contributed by atoms with van der Waals surface area (Å²) in [6.45, 7) is 10.0. The highest BCUT2D eigenvalue weighted by atomic mass is 32.2. The molecule has 0 aromatic rings. The van der Waals surface area contributed by atoms with Gasteiger partial charge in [0, 0.05) is 32.7 Å². The van der Waals surface area contributed by atoms with Gasteiger partial charge >= 0.3 is 0 Å². The Morgan fingerprint density at radius 2 is 2.12 bits per heavy atom. The first kappa shape index (κ1) is 19.0. The molecule has 2 heterocycles. The Morgan fingerprint density at radius 3 is 2.67 bits per heavy atom. The van der Waals surface area contributed by atoms with E-state index in [4.69, 9.17) is 0 Å². The van der Waals surface area contributed by atoms with Gasteiger partial charge in [0.05, 0.1) is 18.1 Å². The fraction of sp³-hybridized carbons (Fsp3) is 0.875. The Morgan fingerprint density at radius 1 is 1.38 bits per heavy atom. The number of carbonyl (C=O) groups is 1. The molecule has 0 bridgehead atoms. The standard InChI is InChI=1S/C16H30N4O3S/c1-4-19-6-7-20(11-15(19)21)16(17-9-13(2)3)18-10-14-5-8-24(22,23)12-14/h13-14H,4-12H2,1-3H3,(H,17,18). The third kappa shape index (κ3) is 5.36. The van der Waals surface area contributed by atoms with Crippen molar-refractivity contribution in [1.82, 2.24) is 15.1 Å². The number of hydrogen-bond acceptors (Lipinski definition) is 4. The summed E-state index contributed by atoms with van der Waals surface area (Å²) in [5.41, 5.74) is 0. The molecule has 2 fully saturated rings. The number of rotatable bonds is 5. The average molecular weight is 359 g/mol. The third-order valence-corrected chi connectivity index (χ3v) is 6.32. The van der Waals surface area contributed by atoms with Crippen LogP contribution in [0.4, 0.5) is 0 Å². The van der Waals surface area contributed by atoms with E-state index in [-0.39, 0.29) is 23.3 Å². The molecule has 2 saturated heterocycles. The molecule has 2 rings (SSSR count). The van der Waals surface area contributed by atoms with Crippen molar-refractivity contribution in [2.45, 2.75) is 27.2 Å². The number of piperazine rings is 1. The molecule has 0 aromatic carbocycles. The van der Waals surface area contributed by atoms with Crippen LogP contribution >= 0.6 is 0 Å². The number of aliphatic imine (C=N–C) groups is 1. The van der Waals surface area contributed by atoms with Crippen LogP contribution < -0.4 is 5.32 Å². The molecule has 1 unspecified atom stereocenters. The van der Waals surface area contributed by atoms with Gasteiger partial charge in [-0.25, -0.2) is 8.42 Å². The van der Waals surface area contributed by atoms with Gasteiger partial charge in [0.15, 0.2) is 15.8 Å². The van der Waals surface area contributed by atoms with Crippen molar-refractivity contribution in [2.24, 2.45) is 16.8 Å². The summed E-state index contributed by atoms with van der Waals surface area (Å²) >= 11 is 0. The third-order valence-electron chi connectivity index (χ3n) is 4.48. The van der Waals surface area contributed by atoms with E-state index in [1.165, 1.54) is 0 Å². The van der Waals surface area contributed by atoms with Crippen LogP contribution in [0.2, 0.25) is 0 Å². The lowest BCUT2D eigenvalue weighted by Crippen LogP contribution is -2.55. The lowest BCUT2D eigenvalue weighted by molar-refractivity contribution is -0.134. The van der Waals surface area contributed by atoms with E-state index < -0.39 is 9.84 Å². The fourth-order valence-corrected chi connectivity index (χ4v) is 4.89. The molecule has 0 spiro atoms. The number of likely N-dealkylation sites (N-methyl/N-ethyl adjacent to an activating group) is 1. The Labute approximate surface area is 145 Å². The zero-order valence-corrected chi connectivity index (χ0v) is 15.8. The van der Waals surface area contributed by atoms with Crippen molar-refractivity contribution in [1.29, 1.82) is 0 Å². The molecule has 1 N–H and O–H groups in total. The highest BCUT2D eigenvalue weighted by molar-refractivity contribution is 7.91. The summed E-state index contributed by atoms with van der Waals surface area (Å²) in [7, 11) is -2.87. The number of carbonyl (C=O) groups excluding carboxylic acids is 1. The number of amides is 1. The van der Waals surface area contributed by atoms with Crippen molar-refractivity contribution in [3.05, 3.63) is 0 Å². The number of guanidine groups is 1. The van der Waals surface area contributed by atoms with E-state index in [1.807, 2.05) is 16.7 Å². The van der Waals surface area contributed by atoms with Crippen LogP contribution in [0, 0.1) is 11.8 Å².